The van der Waals surface area contributed by atoms with Gasteiger partial charge in [-0.1, -0.05) is 13.3 Å². The molecule has 0 heterocycles. The van der Waals surface area contributed by atoms with Crippen LogP contribution in [0.3, 0.4) is 0 Å². The van der Waals surface area contributed by atoms with Crippen LogP contribution in [0.5, 0.6) is 0 Å². The summed E-state index contributed by atoms with van der Waals surface area (Å²) in [6.07, 6.45) is 3.87. The number of aldehydes is 2. The predicted molar refractivity (Wildman–Crippen MR) is 65.0 cm³/mol. The minimum Gasteiger partial charge on any atom is -0.490 e. The Kier molecular flexibility index (Phi) is 10.4. The number of unbranched alkanes of at least 4 members (excludes halogenated alkanes) is 1. The van der Waals surface area contributed by atoms with Crippen molar-refractivity contribution in [1.29, 1.82) is 0 Å². The van der Waals surface area contributed by atoms with Crippen molar-refractivity contribution < 1.29 is 23.9 Å². The van der Waals surface area contributed by atoms with Crippen molar-refractivity contribution in [1.82, 2.24) is 5.32 Å². The molecule has 0 aliphatic rings. The summed E-state index contributed by atoms with van der Waals surface area (Å²) >= 11 is 0. The Morgan fingerprint density at radius 2 is 1.89 bits per heavy atom. The zero-order chi connectivity index (χ0) is 13.6. The second-order valence-electron chi connectivity index (χ2n) is 3.44. The van der Waals surface area contributed by atoms with Crippen molar-refractivity contribution in [2.75, 3.05) is 19.8 Å². The van der Waals surface area contributed by atoms with Gasteiger partial charge in [0.15, 0.2) is 12.0 Å². The molecule has 0 spiro atoms. The molecule has 6 heteroatoms. The molecule has 1 amide bonds. The van der Waals surface area contributed by atoms with Crippen LogP contribution in [-0.2, 0) is 19.1 Å². The van der Waals surface area contributed by atoms with E-state index in [1.54, 1.807) is 0 Å². The first-order valence-electron chi connectivity index (χ1n) is 5.88. The van der Waals surface area contributed by atoms with Gasteiger partial charge in [-0.05, 0) is 6.42 Å². The summed E-state index contributed by atoms with van der Waals surface area (Å²) in [5.41, 5.74) is 0. The van der Waals surface area contributed by atoms with E-state index in [-0.39, 0.29) is 19.0 Å². The number of hydrogen-bond acceptors (Lipinski definition) is 5. The molecular formula is C12H19NO5. The molecule has 0 saturated carbocycles. The number of alkyl carbamates (subject to hydrolysis) is 1. The molecule has 0 aromatic rings. The highest BCUT2D eigenvalue weighted by Crippen LogP contribution is 1.94. The molecule has 1 N–H and O–H groups in total. The summed E-state index contributed by atoms with van der Waals surface area (Å²) in [5.74, 6) is -0.0302. The van der Waals surface area contributed by atoms with Crippen molar-refractivity contribution >= 4 is 18.7 Å². The van der Waals surface area contributed by atoms with Crippen molar-refractivity contribution in [3.63, 3.8) is 0 Å². The highest BCUT2D eigenvalue weighted by Gasteiger charge is 2.00. The summed E-state index contributed by atoms with van der Waals surface area (Å²) in [5, 5.41) is 2.60. The van der Waals surface area contributed by atoms with Gasteiger partial charge in [0.2, 0.25) is 0 Å². The lowest BCUT2D eigenvalue weighted by molar-refractivity contribution is -0.109. The quantitative estimate of drug-likeness (QED) is 0.275. The van der Waals surface area contributed by atoms with E-state index in [4.69, 9.17) is 9.47 Å². The van der Waals surface area contributed by atoms with Crippen LogP contribution in [0.25, 0.3) is 0 Å². The van der Waals surface area contributed by atoms with E-state index in [1.165, 1.54) is 0 Å². The van der Waals surface area contributed by atoms with Gasteiger partial charge < -0.3 is 14.8 Å². The van der Waals surface area contributed by atoms with Gasteiger partial charge in [0.05, 0.1) is 13.2 Å². The standard InChI is InChI=1S/C12H19NO5/c1-2-3-6-13-12(16)18-9-4-8-17-11(10-15)5-7-14/h5,7,10H,2-4,6,8-9H2,1H3,(H,13,16). The average molecular weight is 257 g/mol. The van der Waals surface area contributed by atoms with Gasteiger partial charge in [0.1, 0.15) is 6.29 Å². The summed E-state index contributed by atoms with van der Waals surface area (Å²) in [6.45, 7) is 3.04. The van der Waals surface area contributed by atoms with Crippen LogP contribution >= 0.6 is 0 Å². The van der Waals surface area contributed by atoms with Gasteiger partial charge in [-0.25, -0.2) is 4.79 Å². The molecule has 0 saturated heterocycles. The first-order valence-corrected chi connectivity index (χ1v) is 5.88. The number of allylic oxidation sites excluding steroid dienone is 2. The molecule has 0 bridgehead atoms. The smallest absolute Gasteiger partial charge is 0.407 e. The van der Waals surface area contributed by atoms with Gasteiger partial charge in [-0.2, -0.15) is 0 Å². The van der Waals surface area contributed by atoms with E-state index >= 15 is 0 Å². The number of carbonyl (C=O) groups is 3. The third-order valence-electron chi connectivity index (χ3n) is 1.94. The van der Waals surface area contributed by atoms with Crippen LogP contribution < -0.4 is 5.32 Å². The topological polar surface area (TPSA) is 81.7 Å². The number of amides is 1. The summed E-state index contributed by atoms with van der Waals surface area (Å²) in [4.78, 5) is 31.5. The van der Waals surface area contributed by atoms with Gasteiger partial charge in [0, 0.05) is 19.0 Å². The number of hydrogen-bond donors (Lipinski definition) is 1. The molecule has 0 aromatic heterocycles. The lowest BCUT2D eigenvalue weighted by Crippen LogP contribution is -2.25. The highest BCUT2D eigenvalue weighted by molar-refractivity contribution is 5.79. The molecule has 0 aliphatic heterocycles. The fourth-order valence-electron chi connectivity index (χ4n) is 1.02. The maximum Gasteiger partial charge on any atom is 0.407 e. The summed E-state index contributed by atoms with van der Waals surface area (Å²) in [6, 6.07) is 0. The van der Waals surface area contributed by atoms with Crippen LogP contribution in [0.4, 0.5) is 4.79 Å². The zero-order valence-electron chi connectivity index (χ0n) is 10.5. The van der Waals surface area contributed by atoms with E-state index in [0.717, 1.165) is 18.9 Å². The first-order chi connectivity index (χ1) is 8.74. The van der Waals surface area contributed by atoms with E-state index in [9.17, 15) is 14.4 Å². The molecule has 6 nitrogen and oxygen atoms in total. The van der Waals surface area contributed by atoms with Crippen LogP contribution in [0.15, 0.2) is 11.8 Å². The minimum absolute atomic E-state index is 0.0302. The fraction of sp³-hybridized carbons (Fsp3) is 0.583. The average Bonchev–Trinajstić information content (AvgIpc) is 2.37. The number of carbonyl (C=O) groups excluding carboxylic acids is 3. The summed E-state index contributed by atoms with van der Waals surface area (Å²) in [7, 11) is 0. The maximum absolute atomic E-state index is 11.1. The maximum atomic E-state index is 11.1. The fourth-order valence-corrected chi connectivity index (χ4v) is 1.02. The van der Waals surface area contributed by atoms with Crippen molar-refractivity contribution in [2.24, 2.45) is 0 Å². The molecule has 0 unspecified atom stereocenters. The van der Waals surface area contributed by atoms with Crippen molar-refractivity contribution in [3.05, 3.63) is 11.8 Å². The van der Waals surface area contributed by atoms with E-state index in [0.29, 0.717) is 25.5 Å². The monoisotopic (exact) mass is 257 g/mol. The SMILES string of the molecule is CCCCNC(=O)OCCCOC(C=O)=CC=O. The van der Waals surface area contributed by atoms with Crippen molar-refractivity contribution in [3.8, 4) is 0 Å². The van der Waals surface area contributed by atoms with E-state index < -0.39 is 6.09 Å². The highest BCUT2D eigenvalue weighted by atomic mass is 16.5. The molecule has 102 valence electrons. The van der Waals surface area contributed by atoms with Crippen LogP contribution in [0.1, 0.15) is 26.2 Å². The molecular weight excluding hydrogens is 238 g/mol. The third kappa shape index (κ3) is 9.38. The molecule has 0 aliphatic carbocycles. The van der Waals surface area contributed by atoms with Crippen LogP contribution in [0.2, 0.25) is 0 Å². The Bertz CT molecular complexity index is 288. The van der Waals surface area contributed by atoms with Gasteiger partial charge in [-0.3, -0.25) is 9.59 Å². The molecule has 0 atom stereocenters. The van der Waals surface area contributed by atoms with Crippen LogP contribution in [-0.4, -0.2) is 38.4 Å². The second kappa shape index (κ2) is 11.6. The van der Waals surface area contributed by atoms with Gasteiger partial charge in [0.25, 0.3) is 0 Å². The van der Waals surface area contributed by atoms with Gasteiger partial charge >= 0.3 is 6.09 Å². The normalized spacial score (nSPS) is 10.6. The Hall–Kier alpha value is -1.85. The molecule has 0 aromatic carbocycles. The first kappa shape index (κ1) is 16.1. The molecule has 0 rings (SSSR count). The van der Waals surface area contributed by atoms with Crippen molar-refractivity contribution in [2.45, 2.75) is 26.2 Å². The Morgan fingerprint density at radius 1 is 1.17 bits per heavy atom. The Morgan fingerprint density at radius 3 is 2.50 bits per heavy atom. The molecule has 0 radical (unpaired) electrons. The lowest BCUT2D eigenvalue weighted by atomic mass is 10.3. The molecule has 18 heavy (non-hydrogen) atoms. The molecule has 0 fully saturated rings. The lowest BCUT2D eigenvalue weighted by Gasteiger charge is -2.07. The Labute approximate surface area is 106 Å². The van der Waals surface area contributed by atoms with E-state index in [2.05, 4.69) is 5.32 Å². The van der Waals surface area contributed by atoms with Gasteiger partial charge in [-0.15, -0.1) is 0 Å². The van der Waals surface area contributed by atoms with Crippen LogP contribution in [0, 0.1) is 0 Å². The third-order valence-corrected chi connectivity index (χ3v) is 1.94. The summed E-state index contributed by atoms with van der Waals surface area (Å²) < 4.78 is 9.82. The van der Waals surface area contributed by atoms with E-state index in [1.807, 2.05) is 6.92 Å². The zero-order valence-corrected chi connectivity index (χ0v) is 10.5. The Balaban J connectivity index is 3.50. The minimum atomic E-state index is -0.456. The largest absolute Gasteiger partial charge is 0.490 e. The number of nitrogens with one attached hydrogen (secondary N) is 1. The second-order valence-corrected chi connectivity index (χ2v) is 3.44. The number of ether oxygens (including phenoxy) is 2. The number of rotatable bonds is 10. The predicted octanol–water partition coefficient (Wildman–Crippen LogP) is 1.20.